The molecule has 0 fully saturated rings. The van der Waals surface area contributed by atoms with Crippen LogP contribution in [0.2, 0.25) is 0 Å². The minimum absolute atomic E-state index is 0. The third-order valence-corrected chi connectivity index (χ3v) is 5.76. The number of fused-ring (bicyclic) bond motifs is 1. The Hall–Kier alpha value is 0.630. The Morgan fingerprint density at radius 2 is 1.50 bits per heavy atom. The largest absolute Gasteiger partial charge is 0.311 e. The Balaban J connectivity index is 0.00000220. The van der Waals surface area contributed by atoms with Crippen molar-refractivity contribution in [2.75, 3.05) is 0 Å². The fourth-order valence-electron chi connectivity index (χ4n) is 3.14. The number of para-hydroxylation sites is 1. The summed E-state index contributed by atoms with van der Waals surface area (Å²) in [6, 6.07) is 8.85. The van der Waals surface area contributed by atoms with Gasteiger partial charge in [0.2, 0.25) is 5.69 Å². The molecule has 0 saturated carbocycles. The van der Waals surface area contributed by atoms with Crippen molar-refractivity contribution in [1.29, 1.82) is 0 Å². The predicted molar refractivity (Wildman–Crippen MR) is 87.9 cm³/mol. The summed E-state index contributed by atoms with van der Waals surface area (Å²) in [5.41, 5.74) is 4.52. The van der Waals surface area contributed by atoms with Crippen LogP contribution in [-0.2, 0) is 57.1 Å². The Labute approximate surface area is 174 Å². The molecule has 0 aliphatic carbocycles. The average molecular weight is 628 g/mol. The quantitative estimate of drug-likeness (QED) is 0.244. The van der Waals surface area contributed by atoms with Crippen molar-refractivity contribution in [2.24, 2.45) is 5.41 Å². The summed E-state index contributed by atoms with van der Waals surface area (Å²) in [7, 11) is 0. The van der Waals surface area contributed by atoms with Crippen molar-refractivity contribution in [1.82, 2.24) is 0 Å². The van der Waals surface area contributed by atoms with Gasteiger partial charge in [-0.05, 0) is 5.41 Å². The first-order chi connectivity index (χ1) is 9.07. The van der Waals surface area contributed by atoms with Crippen LogP contribution in [0.25, 0.3) is 0 Å². The summed E-state index contributed by atoms with van der Waals surface area (Å²) in [4.78, 5) is 0. The van der Waals surface area contributed by atoms with Crippen LogP contribution in [-0.4, -0.2) is 15.8 Å². The first-order valence-corrected chi connectivity index (χ1v) is 7.61. The molecule has 1 unspecified atom stereocenters. The number of nitrogens with zero attached hydrogens (tertiary/aromatic N) is 1. The average Bonchev–Trinajstić information content (AvgIpc) is 2.59. The van der Waals surface area contributed by atoms with Gasteiger partial charge in [-0.2, -0.15) is 11.5 Å². The van der Waals surface area contributed by atoms with Gasteiger partial charge in [0.15, 0.2) is 5.54 Å². The van der Waals surface area contributed by atoms with Crippen molar-refractivity contribution in [2.45, 2.75) is 66.3 Å². The van der Waals surface area contributed by atoms with E-state index in [9.17, 15) is 0 Å². The van der Waals surface area contributed by atoms with Gasteiger partial charge in [0, 0.05) is 89.5 Å². The molecule has 1 aromatic rings. The molecule has 0 saturated heterocycles. The number of rotatable bonds is 2. The first kappa shape index (κ1) is 22.6. The minimum atomic E-state index is 0. The van der Waals surface area contributed by atoms with E-state index in [-0.39, 0.29) is 68.1 Å². The van der Waals surface area contributed by atoms with Gasteiger partial charge in [0.05, 0.1) is 0 Å². The first-order valence-electron chi connectivity index (χ1n) is 7.61. The summed E-state index contributed by atoms with van der Waals surface area (Å²) in [5, 5.41) is 0. The second-order valence-corrected chi connectivity index (χ2v) is 7.74. The summed E-state index contributed by atoms with van der Waals surface area (Å²) in [6.07, 6.45) is 2.33. The SMILES string of the molecule is C[CH-]C1(C)C(C)=[N+](C(C)(C)C(C)(C)C)c2ccccc21.[Hf].[Hf]. The van der Waals surface area contributed by atoms with Gasteiger partial charge in [-0.15, -0.1) is 0 Å². The normalized spacial score (nSPS) is 21.1. The summed E-state index contributed by atoms with van der Waals surface area (Å²) < 4.78 is 2.56. The maximum atomic E-state index is 2.56. The Morgan fingerprint density at radius 1 is 1.00 bits per heavy atom. The third kappa shape index (κ3) is 3.23. The Morgan fingerprint density at radius 3 is 1.95 bits per heavy atom. The van der Waals surface area contributed by atoms with E-state index in [2.05, 4.69) is 90.7 Å². The molecule has 0 N–H and O–H groups in total. The van der Waals surface area contributed by atoms with Crippen LogP contribution in [0.3, 0.4) is 0 Å². The van der Waals surface area contributed by atoms with Gasteiger partial charge in [0.25, 0.3) is 0 Å². The molecular weight excluding hydrogens is 599 g/mol. The van der Waals surface area contributed by atoms with E-state index in [0.29, 0.717) is 0 Å². The molecule has 1 aliphatic rings. The van der Waals surface area contributed by atoms with Gasteiger partial charge < -0.3 is 6.42 Å². The van der Waals surface area contributed by atoms with Gasteiger partial charge in [-0.3, -0.25) is 0 Å². The molecule has 2 rings (SSSR count). The van der Waals surface area contributed by atoms with E-state index >= 15 is 0 Å². The van der Waals surface area contributed by atoms with Gasteiger partial charge in [0.1, 0.15) is 5.71 Å². The van der Waals surface area contributed by atoms with Gasteiger partial charge in [-0.1, -0.05) is 45.9 Å². The molecule has 0 amide bonds. The van der Waals surface area contributed by atoms with Crippen molar-refractivity contribution < 1.29 is 56.3 Å². The van der Waals surface area contributed by atoms with Gasteiger partial charge in [-0.25, -0.2) is 0 Å². The Kier molecular flexibility index (Phi) is 7.46. The zero-order valence-corrected chi connectivity index (χ0v) is 22.5. The molecule has 118 valence electrons. The van der Waals surface area contributed by atoms with Crippen molar-refractivity contribution in [3.8, 4) is 0 Å². The molecule has 0 aromatic heterocycles. The fraction of sp³-hybridized carbons (Fsp3) is 0.579. The zero-order valence-electron chi connectivity index (χ0n) is 15.3. The van der Waals surface area contributed by atoms with E-state index in [0.717, 1.165) is 0 Å². The van der Waals surface area contributed by atoms with Crippen molar-refractivity contribution in [3.63, 3.8) is 0 Å². The standard InChI is InChI=1S/C19H29N.2Hf/c1-9-19(8)14(2)20(18(6,7)17(3,4)5)16-13-11-10-12-15(16)19;;/h9-13H,1-8H3;;. The second-order valence-electron chi connectivity index (χ2n) is 7.74. The van der Waals surface area contributed by atoms with Crippen molar-refractivity contribution in [3.05, 3.63) is 36.2 Å². The fourth-order valence-corrected chi connectivity index (χ4v) is 3.14. The van der Waals surface area contributed by atoms with E-state index in [4.69, 9.17) is 0 Å². The third-order valence-electron chi connectivity index (χ3n) is 5.76. The molecule has 3 heteroatoms. The van der Waals surface area contributed by atoms with Crippen LogP contribution < -0.4 is 0 Å². The summed E-state index contributed by atoms with van der Waals surface area (Å²) in [5.74, 6) is 0. The van der Waals surface area contributed by atoms with E-state index < -0.39 is 0 Å². The summed E-state index contributed by atoms with van der Waals surface area (Å²) in [6.45, 7) is 18.5. The van der Waals surface area contributed by atoms with Crippen LogP contribution in [0.5, 0.6) is 0 Å². The molecule has 1 aliphatic heterocycles. The van der Waals surface area contributed by atoms with Crippen LogP contribution in [0.4, 0.5) is 5.69 Å². The smallest absolute Gasteiger partial charge is 0.207 e. The number of hydrogen-bond acceptors (Lipinski definition) is 0. The maximum Gasteiger partial charge on any atom is 0.207 e. The molecule has 1 nitrogen and oxygen atoms in total. The molecule has 0 bridgehead atoms. The van der Waals surface area contributed by atoms with Crippen LogP contribution in [0, 0.1) is 11.8 Å². The predicted octanol–water partition coefficient (Wildman–Crippen LogP) is 5.11. The monoisotopic (exact) mass is 631 g/mol. The van der Waals surface area contributed by atoms with Crippen LogP contribution in [0.15, 0.2) is 24.3 Å². The molecule has 1 atom stereocenters. The van der Waals surface area contributed by atoms with Crippen molar-refractivity contribution >= 4 is 11.4 Å². The molecule has 1 heterocycles. The molecular formula is C19H29Hf2N. The van der Waals surface area contributed by atoms with Gasteiger partial charge >= 0.3 is 0 Å². The molecule has 1 aromatic carbocycles. The summed E-state index contributed by atoms with van der Waals surface area (Å²) >= 11 is 0. The molecule has 22 heavy (non-hydrogen) atoms. The number of hydrogen-bond donors (Lipinski definition) is 0. The minimum Gasteiger partial charge on any atom is -0.311 e. The van der Waals surface area contributed by atoms with E-state index in [1.165, 1.54) is 17.0 Å². The second kappa shape index (κ2) is 7.25. The van der Waals surface area contributed by atoms with E-state index in [1.807, 2.05) is 0 Å². The maximum absolute atomic E-state index is 2.56. The topological polar surface area (TPSA) is 3.01 Å². The van der Waals surface area contributed by atoms with Crippen LogP contribution in [0.1, 0.15) is 61.0 Å². The zero-order chi connectivity index (χ0) is 15.3. The Bertz CT molecular complexity index is 567. The van der Waals surface area contributed by atoms with E-state index in [1.54, 1.807) is 0 Å². The van der Waals surface area contributed by atoms with Crippen LogP contribution >= 0.6 is 0 Å². The molecule has 0 radical (unpaired) electrons. The molecule has 0 spiro atoms. The number of benzene rings is 1.